The molecule has 0 bridgehead atoms. The number of benzene rings is 1. The van der Waals surface area contributed by atoms with Gasteiger partial charge >= 0.3 is 0 Å². The van der Waals surface area contributed by atoms with Crippen LogP contribution in [0.25, 0.3) is 0 Å². The second kappa shape index (κ2) is 4.33. The molecule has 80 valence electrons. The number of hydrogen-bond donors (Lipinski definition) is 0. The molecule has 0 saturated heterocycles. The second-order valence-corrected chi connectivity index (χ2v) is 3.60. The first-order valence-corrected chi connectivity index (χ1v) is 4.94. The quantitative estimate of drug-likeness (QED) is 0.606. The fourth-order valence-corrected chi connectivity index (χ4v) is 1.50. The summed E-state index contributed by atoms with van der Waals surface area (Å²) in [4.78, 5) is 22.3. The summed E-state index contributed by atoms with van der Waals surface area (Å²) in [5.74, 6) is -0.0367. The van der Waals surface area contributed by atoms with Gasteiger partial charge in [0.25, 0.3) is 0 Å². The van der Waals surface area contributed by atoms with Gasteiger partial charge in [-0.05, 0) is 24.3 Å². The molecule has 16 heavy (non-hydrogen) atoms. The number of furan rings is 1. The Kier molecular flexibility index (Phi) is 2.88. The Morgan fingerprint density at radius 2 is 2.06 bits per heavy atom. The molecule has 2 aromatic rings. The summed E-state index contributed by atoms with van der Waals surface area (Å²) in [5, 5.41) is 0.480. The summed E-state index contributed by atoms with van der Waals surface area (Å²) >= 11 is 5.77. The first kappa shape index (κ1) is 10.6. The van der Waals surface area contributed by atoms with Crippen molar-refractivity contribution in [2.45, 2.75) is 0 Å². The number of ketones is 1. The zero-order valence-corrected chi connectivity index (χ0v) is 8.90. The highest BCUT2D eigenvalue weighted by atomic mass is 35.5. The van der Waals surface area contributed by atoms with Gasteiger partial charge < -0.3 is 4.42 Å². The topological polar surface area (TPSA) is 47.3 Å². The molecule has 1 heterocycles. The van der Waals surface area contributed by atoms with Crippen LogP contribution in [-0.2, 0) is 0 Å². The zero-order chi connectivity index (χ0) is 11.5. The van der Waals surface area contributed by atoms with Gasteiger partial charge in [0.05, 0.1) is 0 Å². The summed E-state index contributed by atoms with van der Waals surface area (Å²) in [6, 6.07) is 9.46. The molecule has 0 aliphatic heterocycles. The molecule has 0 spiro atoms. The first-order chi connectivity index (χ1) is 7.70. The minimum absolute atomic E-state index is 0.129. The lowest BCUT2D eigenvalue weighted by molar-refractivity contribution is 0.100. The third-order valence-corrected chi connectivity index (χ3v) is 2.29. The number of halogens is 1. The maximum atomic E-state index is 11.9. The van der Waals surface area contributed by atoms with Crippen molar-refractivity contribution in [3.05, 3.63) is 58.5 Å². The van der Waals surface area contributed by atoms with Gasteiger partial charge in [0.15, 0.2) is 17.8 Å². The number of carbonyl (C=O) groups excluding carboxylic acids is 2. The van der Waals surface area contributed by atoms with E-state index in [0.717, 1.165) is 0 Å². The molecule has 0 unspecified atom stereocenters. The standard InChI is InChI=1S/C12H7ClO3/c13-9-3-1-2-8(6-9)12(15)11-5-4-10(7-14)16-11/h1-7H. The molecule has 0 aliphatic carbocycles. The highest BCUT2D eigenvalue weighted by Gasteiger charge is 2.13. The average Bonchev–Trinajstić information content (AvgIpc) is 2.76. The van der Waals surface area contributed by atoms with Crippen LogP contribution in [0.1, 0.15) is 26.7 Å². The van der Waals surface area contributed by atoms with Crippen molar-refractivity contribution >= 4 is 23.7 Å². The van der Waals surface area contributed by atoms with Gasteiger partial charge in [0.1, 0.15) is 0 Å². The van der Waals surface area contributed by atoms with Crippen molar-refractivity contribution in [2.24, 2.45) is 0 Å². The number of rotatable bonds is 3. The molecule has 0 aliphatic rings. The normalized spacial score (nSPS) is 10.1. The van der Waals surface area contributed by atoms with Crippen molar-refractivity contribution in [2.75, 3.05) is 0 Å². The average molecular weight is 235 g/mol. The van der Waals surface area contributed by atoms with E-state index in [-0.39, 0.29) is 17.3 Å². The Hall–Kier alpha value is -1.87. The van der Waals surface area contributed by atoms with E-state index >= 15 is 0 Å². The van der Waals surface area contributed by atoms with Crippen LogP contribution in [-0.4, -0.2) is 12.1 Å². The summed E-state index contributed by atoms with van der Waals surface area (Å²) in [6.45, 7) is 0. The number of carbonyl (C=O) groups is 2. The highest BCUT2D eigenvalue weighted by molar-refractivity contribution is 6.31. The van der Waals surface area contributed by atoms with Gasteiger partial charge in [0, 0.05) is 10.6 Å². The van der Waals surface area contributed by atoms with Crippen LogP contribution in [0.5, 0.6) is 0 Å². The summed E-state index contributed by atoms with van der Waals surface area (Å²) in [5.41, 5.74) is 0.430. The van der Waals surface area contributed by atoms with Gasteiger partial charge in [-0.2, -0.15) is 0 Å². The third-order valence-electron chi connectivity index (χ3n) is 2.05. The van der Waals surface area contributed by atoms with Crippen LogP contribution in [0, 0.1) is 0 Å². The van der Waals surface area contributed by atoms with Crippen LogP contribution in [0.15, 0.2) is 40.8 Å². The molecule has 0 fully saturated rings. The molecule has 0 atom stereocenters. The number of aldehydes is 1. The van der Waals surface area contributed by atoms with E-state index in [1.54, 1.807) is 24.3 Å². The van der Waals surface area contributed by atoms with E-state index in [0.29, 0.717) is 16.9 Å². The Labute approximate surface area is 96.6 Å². The van der Waals surface area contributed by atoms with Gasteiger partial charge in [-0.1, -0.05) is 23.7 Å². The lowest BCUT2D eigenvalue weighted by Crippen LogP contribution is -1.98. The van der Waals surface area contributed by atoms with Gasteiger partial charge in [-0.25, -0.2) is 0 Å². The fourth-order valence-electron chi connectivity index (χ4n) is 1.31. The molecular formula is C12H7ClO3. The molecule has 0 saturated carbocycles. The number of hydrogen-bond acceptors (Lipinski definition) is 3. The minimum atomic E-state index is -0.296. The largest absolute Gasteiger partial charge is 0.450 e. The highest BCUT2D eigenvalue weighted by Crippen LogP contribution is 2.16. The Morgan fingerprint density at radius 3 is 2.69 bits per heavy atom. The second-order valence-electron chi connectivity index (χ2n) is 3.16. The molecule has 3 nitrogen and oxygen atoms in total. The first-order valence-electron chi connectivity index (χ1n) is 4.56. The van der Waals surface area contributed by atoms with Crippen LogP contribution < -0.4 is 0 Å². The van der Waals surface area contributed by atoms with Crippen LogP contribution >= 0.6 is 11.6 Å². The third kappa shape index (κ3) is 2.04. The molecule has 4 heteroatoms. The monoisotopic (exact) mass is 234 g/mol. The molecule has 0 radical (unpaired) electrons. The summed E-state index contributed by atoms with van der Waals surface area (Å²) in [7, 11) is 0. The molecule has 0 amide bonds. The Bertz CT molecular complexity index is 543. The summed E-state index contributed by atoms with van der Waals surface area (Å²) in [6.07, 6.45) is 0.550. The zero-order valence-electron chi connectivity index (χ0n) is 8.14. The van der Waals surface area contributed by atoms with Gasteiger partial charge in [-0.15, -0.1) is 0 Å². The van der Waals surface area contributed by atoms with Gasteiger partial charge in [-0.3, -0.25) is 9.59 Å². The Balaban J connectivity index is 2.35. The van der Waals surface area contributed by atoms with E-state index < -0.39 is 0 Å². The molecule has 1 aromatic heterocycles. The van der Waals surface area contributed by atoms with Crippen LogP contribution in [0.2, 0.25) is 5.02 Å². The van der Waals surface area contributed by atoms with E-state index in [1.165, 1.54) is 12.1 Å². The predicted molar refractivity (Wildman–Crippen MR) is 59.0 cm³/mol. The molecular weight excluding hydrogens is 228 g/mol. The maximum absolute atomic E-state index is 11.9. The van der Waals surface area contributed by atoms with Crippen molar-refractivity contribution in [1.82, 2.24) is 0 Å². The lowest BCUT2D eigenvalue weighted by Gasteiger charge is -1.97. The SMILES string of the molecule is O=Cc1ccc(C(=O)c2cccc(Cl)c2)o1. The minimum Gasteiger partial charge on any atom is -0.450 e. The van der Waals surface area contributed by atoms with Crippen molar-refractivity contribution in [3.63, 3.8) is 0 Å². The molecule has 1 aromatic carbocycles. The van der Waals surface area contributed by atoms with Crippen molar-refractivity contribution < 1.29 is 14.0 Å². The van der Waals surface area contributed by atoms with Crippen molar-refractivity contribution in [1.29, 1.82) is 0 Å². The molecule has 0 N–H and O–H groups in total. The van der Waals surface area contributed by atoms with Crippen molar-refractivity contribution in [3.8, 4) is 0 Å². The van der Waals surface area contributed by atoms with Crippen LogP contribution in [0.4, 0.5) is 0 Å². The van der Waals surface area contributed by atoms with Crippen LogP contribution in [0.3, 0.4) is 0 Å². The fraction of sp³-hybridized carbons (Fsp3) is 0. The van der Waals surface area contributed by atoms with E-state index in [2.05, 4.69) is 0 Å². The maximum Gasteiger partial charge on any atom is 0.228 e. The Morgan fingerprint density at radius 1 is 1.25 bits per heavy atom. The molecule has 2 rings (SSSR count). The smallest absolute Gasteiger partial charge is 0.228 e. The summed E-state index contributed by atoms with van der Waals surface area (Å²) < 4.78 is 5.03. The van der Waals surface area contributed by atoms with Gasteiger partial charge in [0.2, 0.25) is 5.78 Å². The van der Waals surface area contributed by atoms with E-state index in [9.17, 15) is 9.59 Å². The predicted octanol–water partition coefficient (Wildman–Crippen LogP) is 2.98. The lowest BCUT2D eigenvalue weighted by atomic mass is 10.1. The van der Waals surface area contributed by atoms with E-state index in [1.807, 2.05) is 0 Å². The van der Waals surface area contributed by atoms with E-state index in [4.69, 9.17) is 16.0 Å².